The molecule has 0 heterocycles. The van der Waals surface area contributed by atoms with E-state index in [-0.39, 0.29) is 0 Å². The summed E-state index contributed by atoms with van der Waals surface area (Å²) in [5, 5.41) is 7.59. The molecule has 142 valence electrons. The summed E-state index contributed by atoms with van der Waals surface area (Å²) in [4.78, 5) is 0. The highest BCUT2D eigenvalue weighted by Crippen LogP contribution is 2.22. The van der Waals surface area contributed by atoms with Gasteiger partial charge in [-0.1, -0.05) is 42.5 Å². The molecular formula is C22H21N3O2S. The Morgan fingerprint density at radius 2 is 1.68 bits per heavy atom. The first-order valence-electron chi connectivity index (χ1n) is 8.74. The molecule has 28 heavy (non-hydrogen) atoms. The van der Waals surface area contributed by atoms with Crippen molar-refractivity contribution in [2.24, 2.45) is 5.10 Å². The molecule has 3 aromatic carbocycles. The molecule has 0 saturated carbocycles. The number of para-hydroxylation sites is 2. The Kier molecular flexibility index (Phi) is 6.98. The van der Waals surface area contributed by atoms with Gasteiger partial charge in [-0.3, -0.25) is 5.43 Å². The fourth-order valence-corrected chi connectivity index (χ4v) is 2.62. The van der Waals surface area contributed by atoms with Crippen molar-refractivity contribution in [2.75, 3.05) is 12.4 Å². The van der Waals surface area contributed by atoms with Crippen LogP contribution in [-0.4, -0.2) is 18.4 Å². The third-order valence-electron chi connectivity index (χ3n) is 3.86. The van der Waals surface area contributed by atoms with Crippen LogP contribution in [-0.2, 0) is 6.61 Å². The van der Waals surface area contributed by atoms with Crippen molar-refractivity contribution in [1.82, 2.24) is 5.43 Å². The number of hydrogen-bond acceptors (Lipinski definition) is 4. The number of hydrazone groups is 1. The van der Waals surface area contributed by atoms with Gasteiger partial charge in [0, 0.05) is 0 Å². The van der Waals surface area contributed by atoms with Crippen LogP contribution in [0, 0.1) is 0 Å². The minimum atomic E-state index is 0.378. The van der Waals surface area contributed by atoms with Crippen LogP contribution in [0.5, 0.6) is 11.5 Å². The Hall–Kier alpha value is -3.38. The molecule has 5 nitrogen and oxygen atoms in total. The van der Waals surface area contributed by atoms with E-state index in [2.05, 4.69) is 15.8 Å². The van der Waals surface area contributed by atoms with Gasteiger partial charge in [0.2, 0.25) is 0 Å². The Morgan fingerprint density at radius 3 is 2.43 bits per heavy atom. The highest BCUT2D eigenvalue weighted by Gasteiger charge is 2.02. The Morgan fingerprint density at radius 1 is 0.964 bits per heavy atom. The van der Waals surface area contributed by atoms with Gasteiger partial charge in [0.25, 0.3) is 0 Å². The van der Waals surface area contributed by atoms with Crippen molar-refractivity contribution in [1.29, 1.82) is 0 Å². The second kappa shape index (κ2) is 10.1. The number of thiocarbonyl (C=S) groups is 1. The molecule has 0 bridgehead atoms. The topological polar surface area (TPSA) is 54.9 Å². The van der Waals surface area contributed by atoms with Gasteiger partial charge in [0.05, 0.1) is 19.0 Å². The van der Waals surface area contributed by atoms with Crippen LogP contribution >= 0.6 is 12.2 Å². The molecular weight excluding hydrogens is 370 g/mol. The highest BCUT2D eigenvalue weighted by molar-refractivity contribution is 7.80. The number of nitrogens with one attached hydrogen (secondary N) is 2. The van der Waals surface area contributed by atoms with Gasteiger partial charge in [0.1, 0.15) is 18.1 Å². The molecule has 0 saturated heterocycles. The molecule has 0 aliphatic heterocycles. The van der Waals surface area contributed by atoms with Gasteiger partial charge in [-0.25, -0.2) is 0 Å². The van der Waals surface area contributed by atoms with Crippen molar-refractivity contribution >= 4 is 29.2 Å². The molecule has 0 fully saturated rings. The van der Waals surface area contributed by atoms with Crippen molar-refractivity contribution in [2.45, 2.75) is 6.61 Å². The minimum Gasteiger partial charge on any atom is -0.495 e. The lowest BCUT2D eigenvalue weighted by Gasteiger charge is -2.10. The molecule has 0 unspecified atom stereocenters. The molecule has 0 aliphatic carbocycles. The average Bonchev–Trinajstić information content (AvgIpc) is 2.74. The van der Waals surface area contributed by atoms with Crippen LogP contribution in [0.25, 0.3) is 0 Å². The van der Waals surface area contributed by atoms with Gasteiger partial charge >= 0.3 is 0 Å². The summed E-state index contributed by atoms with van der Waals surface area (Å²) in [5.41, 5.74) is 5.63. The second-order valence-corrected chi connectivity index (χ2v) is 6.28. The lowest BCUT2D eigenvalue weighted by molar-refractivity contribution is 0.306. The molecule has 0 aromatic heterocycles. The summed E-state index contributed by atoms with van der Waals surface area (Å²) < 4.78 is 11.1. The van der Waals surface area contributed by atoms with E-state index in [1.54, 1.807) is 13.3 Å². The quantitative estimate of drug-likeness (QED) is 0.350. The van der Waals surface area contributed by atoms with Gasteiger partial charge in [0.15, 0.2) is 5.11 Å². The number of methoxy groups -OCH3 is 1. The Bertz CT molecular complexity index is 928. The van der Waals surface area contributed by atoms with E-state index in [9.17, 15) is 0 Å². The SMILES string of the molecule is COc1ccccc1NC(=S)NN=Cc1ccc(OCc2ccccc2)cc1. The molecule has 3 aromatic rings. The average molecular weight is 391 g/mol. The van der Waals surface area contributed by atoms with Crippen LogP contribution in [0.15, 0.2) is 84.0 Å². The van der Waals surface area contributed by atoms with E-state index < -0.39 is 0 Å². The van der Waals surface area contributed by atoms with Crippen LogP contribution in [0.1, 0.15) is 11.1 Å². The first-order chi connectivity index (χ1) is 13.7. The zero-order valence-corrected chi connectivity index (χ0v) is 16.3. The van der Waals surface area contributed by atoms with Crippen molar-refractivity contribution in [3.8, 4) is 11.5 Å². The number of anilines is 1. The lowest BCUT2D eigenvalue weighted by Crippen LogP contribution is -2.24. The molecule has 0 atom stereocenters. The summed E-state index contributed by atoms with van der Waals surface area (Å²) in [6.07, 6.45) is 1.69. The summed E-state index contributed by atoms with van der Waals surface area (Å²) in [6, 6.07) is 25.3. The van der Waals surface area contributed by atoms with E-state index in [1.807, 2.05) is 78.9 Å². The van der Waals surface area contributed by atoms with Crippen LogP contribution in [0.3, 0.4) is 0 Å². The molecule has 3 rings (SSSR count). The van der Waals surface area contributed by atoms with E-state index in [1.165, 1.54) is 0 Å². The third kappa shape index (κ3) is 5.82. The summed E-state index contributed by atoms with van der Waals surface area (Å²) in [6.45, 7) is 0.540. The highest BCUT2D eigenvalue weighted by atomic mass is 32.1. The first kappa shape index (κ1) is 19.4. The molecule has 0 amide bonds. The molecule has 6 heteroatoms. The standard InChI is InChI=1S/C22H21N3O2S/c1-26-21-10-6-5-9-20(21)24-22(28)25-23-15-17-11-13-19(14-12-17)27-16-18-7-3-2-4-8-18/h2-15H,16H2,1H3,(H2,24,25,28). The van der Waals surface area contributed by atoms with Gasteiger partial charge < -0.3 is 14.8 Å². The van der Waals surface area contributed by atoms with Gasteiger partial charge in [-0.05, 0) is 59.7 Å². The van der Waals surface area contributed by atoms with E-state index in [4.69, 9.17) is 21.7 Å². The van der Waals surface area contributed by atoms with E-state index in [0.29, 0.717) is 17.5 Å². The Balaban J connectivity index is 1.48. The van der Waals surface area contributed by atoms with Crippen LogP contribution in [0.2, 0.25) is 0 Å². The summed E-state index contributed by atoms with van der Waals surface area (Å²) in [7, 11) is 1.61. The first-order valence-corrected chi connectivity index (χ1v) is 9.15. The smallest absolute Gasteiger partial charge is 0.191 e. The summed E-state index contributed by atoms with van der Waals surface area (Å²) in [5.74, 6) is 1.52. The number of ether oxygens (including phenoxy) is 2. The largest absolute Gasteiger partial charge is 0.495 e. The zero-order valence-electron chi connectivity index (χ0n) is 15.5. The minimum absolute atomic E-state index is 0.378. The predicted molar refractivity (Wildman–Crippen MR) is 117 cm³/mol. The van der Waals surface area contributed by atoms with Crippen LogP contribution in [0.4, 0.5) is 5.69 Å². The molecule has 0 radical (unpaired) electrons. The molecule has 0 spiro atoms. The van der Waals surface area contributed by atoms with E-state index in [0.717, 1.165) is 22.6 Å². The van der Waals surface area contributed by atoms with E-state index >= 15 is 0 Å². The zero-order chi connectivity index (χ0) is 19.6. The Labute approximate surface area is 170 Å². The maximum Gasteiger partial charge on any atom is 0.191 e. The third-order valence-corrected chi connectivity index (χ3v) is 4.06. The number of hydrogen-bond donors (Lipinski definition) is 2. The predicted octanol–water partition coefficient (Wildman–Crippen LogP) is 4.59. The number of nitrogens with zero attached hydrogens (tertiary/aromatic N) is 1. The summed E-state index contributed by atoms with van der Waals surface area (Å²) >= 11 is 5.25. The number of rotatable bonds is 7. The van der Waals surface area contributed by atoms with Crippen LogP contribution < -0.4 is 20.2 Å². The van der Waals surface area contributed by atoms with Crippen molar-refractivity contribution in [3.63, 3.8) is 0 Å². The maximum atomic E-state index is 5.78. The van der Waals surface area contributed by atoms with Gasteiger partial charge in [-0.2, -0.15) is 5.10 Å². The monoisotopic (exact) mass is 391 g/mol. The maximum absolute atomic E-state index is 5.78. The van der Waals surface area contributed by atoms with Crippen molar-refractivity contribution in [3.05, 3.63) is 90.0 Å². The lowest BCUT2D eigenvalue weighted by atomic mass is 10.2. The normalized spacial score (nSPS) is 10.5. The fourth-order valence-electron chi connectivity index (χ4n) is 2.45. The van der Waals surface area contributed by atoms with Gasteiger partial charge in [-0.15, -0.1) is 0 Å². The van der Waals surface area contributed by atoms with Crippen molar-refractivity contribution < 1.29 is 9.47 Å². The fraction of sp³-hybridized carbons (Fsp3) is 0.0909. The molecule has 2 N–H and O–H groups in total. The number of benzene rings is 3. The molecule has 0 aliphatic rings. The second-order valence-electron chi connectivity index (χ2n) is 5.87.